The molecule has 30 heavy (non-hydrogen) atoms. The van der Waals surface area contributed by atoms with Crippen molar-refractivity contribution in [3.8, 4) is 11.5 Å². The van der Waals surface area contributed by atoms with Crippen LogP contribution in [0, 0.1) is 0 Å². The zero-order valence-corrected chi connectivity index (χ0v) is 19.2. The second-order valence-corrected chi connectivity index (χ2v) is 9.30. The third kappa shape index (κ3) is 3.30. The fourth-order valence-electron chi connectivity index (χ4n) is 5.07. The summed E-state index contributed by atoms with van der Waals surface area (Å²) in [5.74, 6) is 1.87. The van der Waals surface area contributed by atoms with Gasteiger partial charge in [-0.05, 0) is 43.3 Å². The van der Waals surface area contributed by atoms with Crippen LogP contribution in [0.2, 0.25) is 0 Å². The monoisotopic (exact) mass is 469 g/mol. The molecule has 3 aliphatic rings. The van der Waals surface area contributed by atoms with Crippen LogP contribution in [0.15, 0.2) is 52.0 Å². The first kappa shape index (κ1) is 19.9. The quantitative estimate of drug-likeness (QED) is 0.616. The molecular weight excluding hydrogens is 442 g/mol. The number of ether oxygens (including phenoxy) is 2. The van der Waals surface area contributed by atoms with Crippen LogP contribution in [0.25, 0.3) is 0 Å². The Bertz CT molecular complexity index is 969. The van der Waals surface area contributed by atoms with Gasteiger partial charge >= 0.3 is 0 Å². The maximum atomic E-state index is 6.74. The zero-order valence-electron chi connectivity index (χ0n) is 17.6. The van der Waals surface area contributed by atoms with Gasteiger partial charge in [-0.2, -0.15) is 5.10 Å². The van der Waals surface area contributed by atoms with Crippen molar-refractivity contribution in [2.24, 2.45) is 5.10 Å². The number of methoxy groups -OCH3 is 1. The number of fused-ring (bicyclic) bond motifs is 4. The maximum Gasteiger partial charge on any atom is 0.200 e. The van der Waals surface area contributed by atoms with E-state index in [2.05, 4.69) is 63.1 Å². The molecule has 1 spiro atoms. The van der Waals surface area contributed by atoms with Gasteiger partial charge in [-0.1, -0.05) is 35.0 Å². The third-order valence-corrected chi connectivity index (χ3v) is 7.05. The highest BCUT2D eigenvalue weighted by Gasteiger charge is 2.51. The number of piperidine rings is 1. The molecule has 6 heteroatoms. The van der Waals surface area contributed by atoms with E-state index in [0.29, 0.717) is 0 Å². The van der Waals surface area contributed by atoms with Gasteiger partial charge in [0.25, 0.3) is 0 Å². The maximum absolute atomic E-state index is 6.74. The Kier molecular flexibility index (Phi) is 5.23. The second kappa shape index (κ2) is 7.89. The normalized spacial score (nSPS) is 22.3. The van der Waals surface area contributed by atoms with Crippen molar-refractivity contribution >= 4 is 21.6 Å². The van der Waals surface area contributed by atoms with E-state index in [4.69, 9.17) is 14.6 Å². The van der Waals surface area contributed by atoms with Gasteiger partial charge in [-0.15, -0.1) is 0 Å². The summed E-state index contributed by atoms with van der Waals surface area (Å²) in [5, 5.41) is 7.45. The smallest absolute Gasteiger partial charge is 0.200 e. The van der Waals surface area contributed by atoms with Crippen LogP contribution in [-0.4, -0.2) is 48.1 Å². The van der Waals surface area contributed by atoms with E-state index < -0.39 is 0 Å². The second-order valence-electron chi connectivity index (χ2n) is 8.38. The molecule has 0 radical (unpaired) electrons. The Morgan fingerprint density at radius 1 is 1.20 bits per heavy atom. The van der Waals surface area contributed by atoms with Gasteiger partial charge < -0.3 is 14.4 Å². The Morgan fingerprint density at radius 3 is 2.77 bits per heavy atom. The molecule has 2 aromatic carbocycles. The highest BCUT2D eigenvalue weighted by Crippen LogP contribution is 2.50. The lowest BCUT2D eigenvalue weighted by atomic mass is 9.90. The van der Waals surface area contributed by atoms with Crippen molar-refractivity contribution < 1.29 is 9.47 Å². The molecule has 5 rings (SSSR count). The summed E-state index contributed by atoms with van der Waals surface area (Å²) in [6.45, 7) is 5.49. The van der Waals surface area contributed by atoms with Crippen LogP contribution >= 0.6 is 15.9 Å². The number of benzene rings is 2. The van der Waals surface area contributed by atoms with Crippen molar-refractivity contribution in [2.75, 3.05) is 26.7 Å². The van der Waals surface area contributed by atoms with Gasteiger partial charge in [0, 0.05) is 48.0 Å². The standard InChI is InChI=1S/C24H28BrN3O2/c1-3-12-27-13-10-24(11-14-27)28-21(19-15-17(25)8-9-23(19)30-24)16-20(26-28)18-6-4-5-7-22(18)29-2/h4-9,15,21H,3,10-14,16H2,1-2H3. The van der Waals surface area contributed by atoms with E-state index in [1.54, 1.807) is 7.11 Å². The van der Waals surface area contributed by atoms with Crippen LogP contribution in [0.1, 0.15) is 49.8 Å². The summed E-state index contributed by atoms with van der Waals surface area (Å²) in [5.41, 5.74) is 2.98. The summed E-state index contributed by atoms with van der Waals surface area (Å²) in [4.78, 5) is 2.54. The van der Waals surface area contributed by atoms with E-state index in [-0.39, 0.29) is 11.8 Å². The van der Waals surface area contributed by atoms with E-state index in [1.807, 2.05) is 12.1 Å². The minimum absolute atomic E-state index is 0.184. The van der Waals surface area contributed by atoms with Crippen LogP contribution in [0.3, 0.4) is 0 Å². The van der Waals surface area contributed by atoms with Crippen LogP contribution in [-0.2, 0) is 0 Å². The topological polar surface area (TPSA) is 37.3 Å². The van der Waals surface area contributed by atoms with Gasteiger partial charge in [0.1, 0.15) is 11.5 Å². The van der Waals surface area contributed by atoms with E-state index in [0.717, 1.165) is 66.1 Å². The van der Waals surface area contributed by atoms with Gasteiger partial charge in [-0.25, -0.2) is 5.01 Å². The van der Waals surface area contributed by atoms with Crippen molar-refractivity contribution in [3.05, 3.63) is 58.1 Å². The number of nitrogens with zero attached hydrogens (tertiary/aromatic N) is 3. The van der Waals surface area contributed by atoms with Crippen LogP contribution in [0.5, 0.6) is 11.5 Å². The molecule has 0 saturated carbocycles. The summed E-state index contributed by atoms with van der Waals surface area (Å²) >= 11 is 3.64. The van der Waals surface area contributed by atoms with E-state index in [9.17, 15) is 0 Å². The van der Waals surface area contributed by atoms with E-state index >= 15 is 0 Å². The predicted octanol–water partition coefficient (Wildman–Crippen LogP) is 5.20. The number of likely N-dealkylation sites (tertiary alicyclic amines) is 1. The third-order valence-electron chi connectivity index (χ3n) is 6.55. The van der Waals surface area contributed by atoms with Crippen LogP contribution in [0.4, 0.5) is 0 Å². The molecule has 1 unspecified atom stereocenters. The lowest BCUT2D eigenvalue weighted by Crippen LogP contribution is -2.59. The number of hydrogen-bond acceptors (Lipinski definition) is 5. The minimum atomic E-state index is -0.375. The summed E-state index contributed by atoms with van der Waals surface area (Å²) in [7, 11) is 1.72. The molecule has 1 atom stereocenters. The molecule has 158 valence electrons. The molecule has 0 bridgehead atoms. The number of para-hydroxylation sites is 1. The number of hydrogen-bond donors (Lipinski definition) is 0. The molecule has 3 aliphatic heterocycles. The minimum Gasteiger partial charge on any atom is -0.496 e. The lowest BCUT2D eigenvalue weighted by molar-refractivity contribution is -0.149. The van der Waals surface area contributed by atoms with Crippen molar-refractivity contribution in [2.45, 2.75) is 44.4 Å². The Balaban J connectivity index is 1.55. The fraction of sp³-hybridized carbons (Fsp3) is 0.458. The molecule has 1 fully saturated rings. The highest BCUT2D eigenvalue weighted by atomic mass is 79.9. The molecule has 3 heterocycles. The largest absolute Gasteiger partial charge is 0.496 e. The molecule has 0 aromatic heterocycles. The molecular formula is C24H28BrN3O2. The molecule has 1 saturated heterocycles. The summed E-state index contributed by atoms with van der Waals surface area (Å²) in [6.07, 6.45) is 3.96. The van der Waals surface area contributed by atoms with Crippen molar-refractivity contribution in [1.29, 1.82) is 0 Å². The summed E-state index contributed by atoms with van der Waals surface area (Å²) < 4.78 is 13.4. The van der Waals surface area contributed by atoms with Crippen molar-refractivity contribution in [3.63, 3.8) is 0 Å². The SMILES string of the molecule is CCCN1CCC2(CC1)Oc1ccc(Br)cc1C1CC(c3ccccc3OC)=NN12. The first-order valence-electron chi connectivity index (χ1n) is 10.8. The average molecular weight is 470 g/mol. The van der Waals surface area contributed by atoms with Crippen LogP contribution < -0.4 is 9.47 Å². The predicted molar refractivity (Wildman–Crippen MR) is 122 cm³/mol. The number of hydrazone groups is 1. The first-order valence-corrected chi connectivity index (χ1v) is 11.6. The molecule has 0 N–H and O–H groups in total. The zero-order chi connectivity index (χ0) is 20.7. The van der Waals surface area contributed by atoms with Gasteiger partial charge in [0.2, 0.25) is 5.72 Å². The Morgan fingerprint density at radius 2 is 2.00 bits per heavy atom. The average Bonchev–Trinajstić information content (AvgIpc) is 3.23. The molecule has 0 aliphatic carbocycles. The molecule has 5 nitrogen and oxygen atoms in total. The Hall–Kier alpha value is -2.05. The van der Waals surface area contributed by atoms with Gasteiger partial charge in [0.05, 0.1) is 18.9 Å². The number of halogens is 1. The van der Waals surface area contributed by atoms with Gasteiger partial charge in [-0.3, -0.25) is 0 Å². The molecule has 2 aromatic rings. The highest BCUT2D eigenvalue weighted by molar-refractivity contribution is 9.10. The van der Waals surface area contributed by atoms with Crippen molar-refractivity contribution in [1.82, 2.24) is 9.91 Å². The lowest BCUT2D eigenvalue weighted by Gasteiger charge is -2.51. The summed E-state index contributed by atoms with van der Waals surface area (Å²) in [6, 6.07) is 14.7. The molecule has 0 amide bonds. The van der Waals surface area contributed by atoms with Gasteiger partial charge in [0.15, 0.2) is 0 Å². The number of rotatable bonds is 4. The Labute approximate surface area is 186 Å². The fourth-order valence-corrected chi connectivity index (χ4v) is 5.45. The first-order chi connectivity index (χ1) is 14.6. The van der Waals surface area contributed by atoms with E-state index in [1.165, 1.54) is 12.0 Å².